The Labute approximate surface area is 226 Å². The molecule has 38 heavy (non-hydrogen) atoms. The van der Waals surface area contributed by atoms with E-state index in [1.165, 1.54) is 4.90 Å². The highest BCUT2D eigenvalue weighted by atomic mass is 16.7. The Balaban J connectivity index is 1.79. The number of likely N-dealkylation sites (tertiary alicyclic amines) is 1. The zero-order valence-corrected chi connectivity index (χ0v) is 23.7. The van der Waals surface area contributed by atoms with Crippen LogP contribution in [0.1, 0.15) is 79.7 Å². The number of esters is 1. The van der Waals surface area contributed by atoms with Crippen LogP contribution in [0, 0.1) is 0 Å². The van der Waals surface area contributed by atoms with Gasteiger partial charge in [-0.15, -0.1) is 0 Å². The number of amides is 1. The summed E-state index contributed by atoms with van der Waals surface area (Å²) < 4.78 is 23.6. The maximum atomic E-state index is 13.7. The van der Waals surface area contributed by atoms with Crippen molar-refractivity contribution in [1.82, 2.24) is 4.90 Å². The van der Waals surface area contributed by atoms with Crippen molar-refractivity contribution in [1.29, 1.82) is 0 Å². The standard InChI is InChI=1S/C27H41BN4O6/c1-24(2,3)36-23(34)32-18-21(30-31-29)17-27(32,22(33)35-19-20-13-9-8-10-14-20)15-11-12-16-28-37-25(4,5)26(6,7)38-28/h8-10,13-14,21H,11-12,15-19H2,1-7H3/t21-,27?/m0/s1. The molecule has 1 amide bonds. The minimum absolute atomic E-state index is 0.0731. The average molecular weight is 528 g/mol. The number of ether oxygens (including phenoxy) is 2. The molecule has 2 heterocycles. The smallest absolute Gasteiger partial charge is 0.457 e. The number of hydrogen-bond donors (Lipinski definition) is 0. The van der Waals surface area contributed by atoms with Gasteiger partial charge < -0.3 is 18.8 Å². The molecule has 3 rings (SSSR count). The van der Waals surface area contributed by atoms with E-state index in [0.717, 1.165) is 5.56 Å². The van der Waals surface area contributed by atoms with E-state index in [9.17, 15) is 9.59 Å². The summed E-state index contributed by atoms with van der Waals surface area (Å²) in [7, 11) is -0.345. The Bertz CT molecular complexity index is 1020. The van der Waals surface area contributed by atoms with Crippen molar-refractivity contribution < 1.29 is 28.4 Å². The molecule has 208 valence electrons. The van der Waals surface area contributed by atoms with Crippen molar-refractivity contribution >= 4 is 19.2 Å². The van der Waals surface area contributed by atoms with Crippen molar-refractivity contribution in [3.8, 4) is 0 Å². The highest BCUT2D eigenvalue weighted by Gasteiger charge is 2.55. The first-order chi connectivity index (χ1) is 17.7. The Hall–Kier alpha value is -2.75. The van der Waals surface area contributed by atoms with E-state index >= 15 is 0 Å². The summed E-state index contributed by atoms with van der Waals surface area (Å²) in [4.78, 5) is 31.4. The van der Waals surface area contributed by atoms with E-state index in [4.69, 9.17) is 24.3 Å². The molecule has 2 aliphatic rings. The van der Waals surface area contributed by atoms with Crippen LogP contribution in [0.25, 0.3) is 10.4 Å². The molecule has 0 spiro atoms. The maximum Gasteiger partial charge on any atom is 0.457 e. The second-order valence-corrected chi connectivity index (χ2v) is 12.2. The lowest BCUT2D eigenvalue weighted by atomic mass is 9.80. The van der Waals surface area contributed by atoms with Gasteiger partial charge in [0, 0.05) is 11.5 Å². The Morgan fingerprint density at radius 2 is 1.76 bits per heavy atom. The zero-order chi connectivity index (χ0) is 28.2. The van der Waals surface area contributed by atoms with E-state index in [0.29, 0.717) is 25.6 Å². The summed E-state index contributed by atoms with van der Waals surface area (Å²) in [5.41, 5.74) is 7.03. The molecule has 2 fully saturated rings. The Morgan fingerprint density at radius 1 is 1.13 bits per heavy atom. The molecule has 0 saturated carbocycles. The highest BCUT2D eigenvalue weighted by molar-refractivity contribution is 6.45. The van der Waals surface area contributed by atoms with E-state index in [1.807, 2.05) is 58.0 Å². The van der Waals surface area contributed by atoms with Crippen LogP contribution in [0.2, 0.25) is 6.32 Å². The van der Waals surface area contributed by atoms with Crippen LogP contribution < -0.4 is 0 Å². The van der Waals surface area contributed by atoms with Crippen molar-refractivity contribution in [2.24, 2.45) is 5.11 Å². The Morgan fingerprint density at radius 3 is 2.34 bits per heavy atom. The maximum absolute atomic E-state index is 13.7. The molecule has 0 N–H and O–H groups in total. The van der Waals surface area contributed by atoms with E-state index in [-0.39, 0.29) is 26.7 Å². The monoisotopic (exact) mass is 528 g/mol. The van der Waals surface area contributed by atoms with Gasteiger partial charge >= 0.3 is 19.2 Å². The van der Waals surface area contributed by atoms with Gasteiger partial charge in [0.05, 0.1) is 17.2 Å². The van der Waals surface area contributed by atoms with E-state index in [1.54, 1.807) is 20.8 Å². The van der Waals surface area contributed by atoms with Crippen LogP contribution >= 0.6 is 0 Å². The van der Waals surface area contributed by atoms with Gasteiger partial charge in [0.1, 0.15) is 17.7 Å². The predicted molar refractivity (Wildman–Crippen MR) is 144 cm³/mol. The highest BCUT2D eigenvalue weighted by Crippen LogP contribution is 2.40. The molecule has 2 aliphatic heterocycles. The van der Waals surface area contributed by atoms with Gasteiger partial charge in [-0.25, -0.2) is 9.59 Å². The number of azide groups is 1. The number of hydrogen-bond acceptors (Lipinski definition) is 7. The number of nitrogens with zero attached hydrogens (tertiary/aromatic N) is 4. The molecular formula is C27H41BN4O6. The summed E-state index contributed by atoms with van der Waals surface area (Å²) in [6.07, 6.45) is 1.83. The third-order valence-corrected chi connectivity index (χ3v) is 7.49. The zero-order valence-electron chi connectivity index (χ0n) is 23.7. The first kappa shape index (κ1) is 29.8. The fraction of sp³-hybridized carbons (Fsp3) is 0.704. The number of carbonyl (C=O) groups excluding carboxylic acids is 2. The van der Waals surface area contributed by atoms with E-state index in [2.05, 4.69) is 10.0 Å². The minimum atomic E-state index is -1.31. The second kappa shape index (κ2) is 11.6. The van der Waals surface area contributed by atoms with Gasteiger partial charge in [-0.1, -0.05) is 48.3 Å². The molecule has 1 aromatic carbocycles. The number of benzene rings is 1. The SMILES string of the molecule is CC(C)(C)OC(=O)N1C[C@@H](N=[N+]=[N-])CC1(CCCCB1OC(C)(C)C(C)(C)O1)C(=O)OCc1ccccc1. The van der Waals surface area contributed by atoms with Crippen LogP contribution in [0.15, 0.2) is 35.4 Å². The molecule has 10 nitrogen and oxygen atoms in total. The summed E-state index contributed by atoms with van der Waals surface area (Å²) in [6.45, 7) is 13.5. The van der Waals surface area contributed by atoms with Crippen LogP contribution in [-0.4, -0.2) is 59.0 Å². The van der Waals surface area contributed by atoms with Gasteiger partial charge in [-0.3, -0.25) is 4.90 Å². The third kappa shape index (κ3) is 7.01. The lowest BCUT2D eigenvalue weighted by molar-refractivity contribution is -0.158. The van der Waals surface area contributed by atoms with Gasteiger partial charge in [-0.2, -0.15) is 0 Å². The number of rotatable bonds is 9. The molecule has 2 saturated heterocycles. The van der Waals surface area contributed by atoms with Crippen LogP contribution in [0.4, 0.5) is 4.79 Å². The van der Waals surface area contributed by atoms with Crippen molar-refractivity contribution in [3.63, 3.8) is 0 Å². The van der Waals surface area contributed by atoms with Gasteiger partial charge in [0.25, 0.3) is 0 Å². The molecule has 0 radical (unpaired) electrons. The largest absolute Gasteiger partial charge is 0.459 e. The molecular weight excluding hydrogens is 487 g/mol. The number of carbonyl (C=O) groups is 2. The quantitative estimate of drug-likeness (QED) is 0.0960. The fourth-order valence-corrected chi connectivity index (χ4v) is 4.87. The lowest BCUT2D eigenvalue weighted by Crippen LogP contribution is -2.55. The molecule has 1 aromatic rings. The molecule has 1 unspecified atom stereocenters. The molecule has 0 aliphatic carbocycles. The normalized spacial score (nSPS) is 24.1. The number of unbranched alkanes of at least 4 members (excludes halogenated alkanes) is 1. The Kier molecular flexibility index (Phi) is 9.06. The van der Waals surface area contributed by atoms with Gasteiger partial charge in [0.15, 0.2) is 0 Å². The molecule has 2 atom stereocenters. The summed E-state index contributed by atoms with van der Waals surface area (Å²) in [5.74, 6) is -0.529. The van der Waals surface area contributed by atoms with Crippen molar-refractivity contribution in [2.45, 2.75) is 115 Å². The van der Waals surface area contributed by atoms with Crippen LogP contribution in [0.3, 0.4) is 0 Å². The first-order valence-electron chi connectivity index (χ1n) is 13.3. The molecule has 0 aromatic heterocycles. The fourth-order valence-electron chi connectivity index (χ4n) is 4.87. The molecule has 0 bridgehead atoms. The lowest BCUT2D eigenvalue weighted by Gasteiger charge is -2.37. The minimum Gasteiger partial charge on any atom is -0.459 e. The first-order valence-corrected chi connectivity index (χ1v) is 13.3. The van der Waals surface area contributed by atoms with Crippen LogP contribution in [-0.2, 0) is 30.2 Å². The van der Waals surface area contributed by atoms with Gasteiger partial charge in [0.2, 0.25) is 0 Å². The van der Waals surface area contributed by atoms with Crippen molar-refractivity contribution in [2.75, 3.05) is 6.54 Å². The molecule has 11 heteroatoms. The van der Waals surface area contributed by atoms with Gasteiger partial charge in [-0.05, 0) is 78.7 Å². The van der Waals surface area contributed by atoms with Crippen LogP contribution in [0.5, 0.6) is 0 Å². The predicted octanol–water partition coefficient (Wildman–Crippen LogP) is 6.05. The summed E-state index contributed by atoms with van der Waals surface area (Å²) in [5, 5.41) is 3.86. The topological polar surface area (TPSA) is 123 Å². The summed E-state index contributed by atoms with van der Waals surface area (Å²) in [6, 6.07) is 8.80. The summed E-state index contributed by atoms with van der Waals surface area (Å²) >= 11 is 0. The third-order valence-electron chi connectivity index (χ3n) is 7.49. The average Bonchev–Trinajstić information content (AvgIpc) is 3.28. The second-order valence-electron chi connectivity index (χ2n) is 12.2. The van der Waals surface area contributed by atoms with E-state index < -0.39 is 40.4 Å². The van der Waals surface area contributed by atoms with Crippen molar-refractivity contribution in [3.05, 3.63) is 46.3 Å².